The molecule has 86 valence electrons. The van der Waals surface area contributed by atoms with Crippen LogP contribution in [0.1, 0.15) is 46.5 Å². The minimum Gasteiger partial charge on any atom is -0.219 e. The van der Waals surface area contributed by atoms with Gasteiger partial charge in [-0.3, -0.25) is 0 Å². The normalized spacial score (nSPS) is 27.0. The Morgan fingerprint density at radius 3 is 1.71 bits per heavy atom. The molecular weight excluding hydrogens is 184 g/mol. The molecule has 0 aromatic carbocycles. The van der Waals surface area contributed by atoms with Crippen molar-refractivity contribution in [2.75, 3.05) is 0 Å². The molecule has 4 heteroatoms. The summed E-state index contributed by atoms with van der Waals surface area (Å²) in [5, 5.41) is 19.0. The molecule has 0 aromatic rings. The third kappa shape index (κ3) is 6.32. The fourth-order valence-corrected chi connectivity index (χ4v) is 1.95. The largest absolute Gasteiger partial charge is 0.219 e. The van der Waals surface area contributed by atoms with E-state index in [-0.39, 0.29) is 0 Å². The summed E-state index contributed by atoms with van der Waals surface area (Å²) in [7, 11) is 0. The Hall–Kier alpha value is -0.160. The Kier molecular flexibility index (Phi) is 8.08. The van der Waals surface area contributed by atoms with Crippen molar-refractivity contribution >= 4 is 0 Å². The molecule has 0 atom stereocenters. The van der Waals surface area contributed by atoms with Gasteiger partial charge in [0, 0.05) is 0 Å². The second kappa shape index (κ2) is 8.17. The van der Waals surface area contributed by atoms with Crippen molar-refractivity contribution in [3.63, 3.8) is 0 Å². The summed E-state index contributed by atoms with van der Waals surface area (Å²) in [6.07, 6.45) is 5.92. The van der Waals surface area contributed by atoms with Crippen LogP contribution in [0, 0.1) is 17.8 Å². The van der Waals surface area contributed by atoms with E-state index in [9.17, 15) is 0 Å². The number of hydrogen-bond donors (Lipinski definition) is 2. The fourth-order valence-electron chi connectivity index (χ4n) is 1.95. The maximum atomic E-state index is 6.90. The highest BCUT2D eigenvalue weighted by Gasteiger charge is 2.19. The summed E-state index contributed by atoms with van der Waals surface area (Å²) in [5.74, 6) is 2.97. The lowest BCUT2D eigenvalue weighted by Crippen LogP contribution is -2.16. The van der Waals surface area contributed by atoms with Crippen LogP contribution in [0.25, 0.3) is 0 Å². The molecule has 0 heterocycles. The van der Waals surface area contributed by atoms with Crippen LogP contribution >= 0.6 is 0 Å². The molecule has 14 heavy (non-hydrogen) atoms. The third-order valence-corrected chi connectivity index (χ3v) is 3.04. The lowest BCUT2D eigenvalue weighted by molar-refractivity contribution is -0.611. The number of hydrogen-bond acceptors (Lipinski definition) is 4. The SMILES string of the molecule is CC1CCC(C(C)C)CC1.OOOO. The van der Waals surface area contributed by atoms with E-state index in [1.165, 1.54) is 25.7 Å². The van der Waals surface area contributed by atoms with Crippen molar-refractivity contribution < 1.29 is 20.6 Å². The Labute approximate surface area is 85.6 Å². The molecule has 0 aliphatic heterocycles. The molecule has 0 amide bonds. The van der Waals surface area contributed by atoms with Gasteiger partial charge in [0.2, 0.25) is 0 Å². The van der Waals surface area contributed by atoms with Crippen molar-refractivity contribution in [2.24, 2.45) is 17.8 Å². The third-order valence-electron chi connectivity index (χ3n) is 3.04. The summed E-state index contributed by atoms with van der Waals surface area (Å²) in [4.78, 5) is 0. The molecule has 2 N–H and O–H groups in total. The molecular formula is C10H22O4. The van der Waals surface area contributed by atoms with Crippen LogP contribution in [0.3, 0.4) is 0 Å². The Bertz CT molecular complexity index is 117. The summed E-state index contributed by atoms with van der Waals surface area (Å²) in [6, 6.07) is 0. The summed E-state index contributed by atoms with van der Waals surface area (Å²) in [5.41, 5.74) is 0. The summed E-state index contributed by atoms with van der Waals surface area (Å²) < 4.78 is 0. The van der Waals surface area contributed by atoms with Gasteiger partial charge in [-0.2, -0.15) is 0 Å². The topological polar surface area (TPSA) is 58.9 Å². The fraction of sp³-hybridized carbons (Fsp3) is 1.00. The lowest BCUT2D eigenvalue weighted by Gasteiger charge is -2.28. The smallest absolute Gasteiger partial charge is 0.0391 e. The highest BCUT2D eigenvalue weighted by Crippen LogP contribution is 2.32. The van der Waals surface area contributed by atoms with Crippen LogP contribution < -0.4 is 0 Å². The van der Waals surface area contributed by atoms with Crippen LogP contribution in [0.2, 0.25) is 0 Å². The minimum atomic E-state index is 0.924. The van der Waals surface area contributed by atoms with Gasteiger partial charge >= 0.3 is 0 Å². The first-order chi connectivity index (χ1) is 6.61. The first-order valence-electron chi connectivity index (χ1n) is 5.23. The summed E-state index contributed by atoms with van der Waals surface area (Å²) in [6.45, 7) is 7.11. The minimum absolute atomic E-state index is 0.924. The quantitative estimate of drug-likeness (QED) is 0.537. The second-order valence-electron chi connectivity index (χ2n) is 4.41. The van der Waals surface area contributed by atoms with Gasteiger partial charge in [-0.05, 0) is 40.7 Å². The van der Waals surface area contributed by atoms with Gasteiger partial charge < -0.3 is 0 Å². The van der Waals surface area contributed by atoms with Crippen LogP contribution in [-0.2, 0) is 10.1 Å². The van der Waals surface area contributed by atoms with Crippen molar-refractivity contribution in [3.8, 4) is 0 Å². The van der Waals surface area contributed by atoms with Crippen molar-refractivity contribution in [3.05, 3.63) is 0 Å². The average Bonchev–Trinajstić information content (AvgIpc) is 2.19. The predicted octanol–water partition coefficient (Wildman–Crippen LogP) is 3.35. The first kappa shape index (κ1) is 13.8. The second-order valence-corrected chi connectivity index (χ2v) is 4.41. The Morgan fingerprint density at radius 1 is 1.00 bits per heavy atom. The molecule has 1 saturated carbocycles. The molecule has 0 saturated heterocycles. The van der Waals surface area contributed by atoms with Gasteiger partial charge in [-0.25, -0.2) is 10.5 Å². The van der Waals surface area contributed by atoms with Gasteiger partial charge in [-0.15, -0.1) is 0 Å². The van der Waals surface area contributed by atoms with Gasteiger partial charge in [0.1, 0.15) is 0 Å². The molecule has 1 aliphatic rings. The van der Waals surface area contributed by atoms with E-state index in [0.29, 0.717) is 0 Å². The average molecular weight is 206 g/mol. The van der Waals surface area contributed by atoms with Gasteiger partial charge in [-0.1, -0.05) is 33.6 Å². The first-order valence-corrected chi connectivity index (χ1v) is 5.23. The van der Waals surface area contributed by atoms with Gasteiger partial charge in [0.15, 0.2) is 0 Å². The van der Waals surface area contributed by atoms with E-state index in [2.05, 4.69) is 30.8 Å². The molecule has 0 radical (unpaired) electrons. The monoisotopic (exact) mass is 206 g/mol. The Morgan fingerprint density at radius 2 is 1.43 bits per heavy atom. The summed E-state index contributed by atoms with van der Waals surface area (Å²) >= 11 is 0. The molecule has 1 aliphatic carbocycles. The molecule has 4 nitrogen and oxygen atoms in total. The van der Waals surface area contributed by atoms with Crippen LogP contribution in [0.4, 0.5) is 0 Å². The van der Waals surface area contributed by atoms with Crippen LogP contribution in [0.15, 0.2) is 0 Å². The zero-order valence-corrected chi connectivity index (χ0v) is 9.27. The van der Waals surface area contributed by atoms with Gasteiger partial charge in [0.25, 0.3) is 0 Å². The van der Waals surface area contributed by atoms with Crippen molar-refractivity contribution in [2.45, 2.75) is 46.5 Å². The predicted molar refractivity (Wildman–Crippen MR) is 53.4 cm³/mol. The highest BCUT2D eigenvalue weighted by atomic mass is 17.6. The Balaban J connectivity index is 0.000000364. The molecule has 0 unspecified atom stereocenters. The standard InChI is InChI=1S/C10H20.H2O4/c1-8(2)10-6-4-9(3)5-7-10;1-3-4-2/h8-10H,4-7H2,1-3H3;1-2H. The van der Waals surface area contributed by atoms with E-state index < -0.39 is 0 Å². The van der Waals surface area contributed by atoms with Crippen LogP contribution in [0.5, 0.6) is 0 Å². The molecule has 1 fully saturated rings. The molecule has 1 rings (SSSR count). The van der Waals surface area contributed by atoms with E-state index in [1.807, 2.05) is 0 Å². The zero-order valence-electron chi connectivity index (χ0n) is 9.27. The highest BCUT2D eigenvalue weighted by molar-refractivity contribution is 4.71. The van der Waals surface area contributed by atoms with E-state index in [0.717, 1.165) is 17.8 Å². The van der Waals surface area contributed by atoms with Crippen molar-refractivity contribution in [1.29, 1.82) is 0 Å². The van der Waals surface area contributed by atoms with Crippen molar-refractivity contribution in [1.82, 2.24) is 0 Å². The zero-order chi connectivity index (χ0) is 11.0. The number of rotatable bonds is 2. The molecule has 0 spiro atoms. The lowest BCUT2D eigenvalue weighted by atomic mass is 9.78. The molecule has 0 aromatic heterocycles. The van der Waals surface area contributed by atoms with E-state index in [4.69, 9.17) is 10.5 Å². The van der Waals surface area contributed by atoms with Crippen LogP contribution in [-0.4, -0.2) is 10.5 Å². The van der Waals surface area contributed by atoms with Gasteiger partial charge in [0.05, 0.1) is 0 Å². The molecule has 0 bridgehead atoms. The maximum absolute atomic E-state index is 6.90. The van der Waals surface area contributed by atoms with E-state index in [1.54, 1.807) is 0 Å². The van der Waals surface area contributed by atoms with E-state index >= 15 is 0 Å². The maximum Gasteiger partial charge on any atom is -0.0391 e.